The van der Waals surface area contributed by atoms with Gasteiger partial charge in [-0.05, 0) is 59.7 Å². The molecule has 0 saturated carbocycles. The number of fused-ring (bicyclic) bond motifs is 3. The van der Waals surface area contributed by atoms with Crippen LogP contribution in [0.2, 0.25) is 0 Å². The summed E-state index contributed by atoms with van der Waals surface area (Å²) in [5.74, 6) is 1.75. The Morgan fingerprint density at radius 2 is 1.00 bits per heavy atom. The van der Waals surface area contributed by atoms with Gasteiger partial charge in [0.2, 0.25) is 0 Å². The lowest BCUT2D eigenvalue weighted by atomic mass is 9.98. The van der Waals surface area contributed by atoms with Crippen LogP contribution >= 0.6 is 0 Å². The van der Waals surface area contributed by atoms with Crippen LogP contribution in [0.15, 0.2) is 168 Å². The molecule has 49 heavy (non-hydrogen) atoms. The Morgan fingerprint density at radius 1 is 0.388 bits per heavy atom. The van der Waals surface area contributed by atoms with Crippen molar-refractivity contribution in [3.63, 3.8) is 0 Å². The van der Waals surface area contributed by atoms with E-state index in [2.05, 4.69) is 47.4 Å². The molecule has 4 heterocycles. The Hall–Kier alpha value is -6.79. The van der Waals surface area contributed by atoms with Gasteiger partial charge in [-0.3, -0.25) is 9.97 Å². The van der Waals surface area contributed by atoms with Crippen LogP contribution < -0.4 is 0 Å². The first-order valence-corrected chi connectivity index (χ1v) is 16.1. The van der Waals surface area contributed by atoms with Crippen LogP contribution in [0.1, 0.15) is 0 Å². The summed E-state index contributed by atoms with van der Waals surface area (Å²) < 4.78 is 6.65. The second kappa shape index (κ2) is 12.1. The van der Waals surface area contributed by atoms with Crippen LogP contribution in [0.3, 0.4) is 0 Å². The van der Waals surface area contributed by atoms with E-state index in [1.54, 1.807) is 6.20 Å². The van der Waals surface area contributed by atoms with Crippen molar-refractivity contribution in [3.8, 4) is 67.8 Å². The Morgan fingerprint density at radius 3 is 1.73 bits per heavy atom. The Kier molecular flexibility index (Phi) is 7.02. The summed E-state index contributed by atoms with van der Waals surface area (Å²) in [6.45, 7) is 0. The molecule has 9 rings (SSSR count). The first-order chi connectivity index (χ1) is 24.3. The van der Waals surface area contributed by atoms with E-state index in [0.29, 0.717) is 17.5 Å². The van der Waals surface area contributed by atoms with Crippen molar-refractivity contribution in [2.75, 3.05) is 0 Å². The van der Waals surface area contributed by atoms with Gasteiger partial charge in [-0.1, -0.05) is 103 Å². The van der Waals surface area contributed by atoms with Crippen LogP contribution in [0, 0.1) is 0 Å². The number of pyridine rings is 2. The minimum atomic E-state index is 0.560. The second-order valence-corrected chi connectivity index (χ2v) is 11.7. The molecular weight excluding hydrogens is 603 g/mol. The van der Waals surface area contributed by atoms with Crippen molar-refractivity contribution in [2.45, 2.75) is 0 Å². The summed E-state index contributed by atoms with van der Waals surface area (Å²) in [5, 5.41) is 1.85. The zero-order valence-electron chi connectivity index (χ0n) is 26.2. The third kappa shape index (κ3) is 5.31. The molecule has 230 valence electrons. The highest BCUT2D eigenvalue weighted by molar-refractivity contribution is 6.16. The lowest BCUT2D eigenvalue weighted by Crippen LogP contribution is -2.00. The van der Waals surface area contributed by atoms with Crippen molar-refractivity contribution in [1.82, 2.24) is 24.9 Å². The first-order valence-electron chi connectivity index (χ1n) is 16.1. The fourth-order valence-electron chi connectivity index (χ4n) is 6.32. The van der Waals surface area contributed by atoms with E-state index >= 15 is 0 Å². The molecular formula is C43H27N5O. The van der Waals surface area contributed by atoms with Gasteiger partial charge in [0, 0.05) is 51.0 Å². The Balaban J connectivity index is 1.30. The maximum absolute atomic E-state index is 6.65. The number of nitrogens with zero attached hydrogens (tertiary/aromatic N) is 5. The van der Waals surface area contributed by atoms with E-state index in [1.165, 1.54) is 0 Å². The number of furan rings is 1. The summed E-state index contributed by atoms with van der Waals surface area (Å²) in [7, 11) is 0. The third-order valence-corrected chi connectivity index (χ3v) is 8.63. The minimum Gasteiger partial charge on any atom is -0.455 e. The van der Waals surface area contributed by atoms with Gasteiger partial charge in [-0.25, -0.2) is 15.0 Å². The predicted molar refractivity (Wildman–Crippen MR) is 195 cm³/mol. The largest absolute Gasteiger partial charge is 0.455 e. The lowest BCUT2D eigenvalue weighted by Gasteiger charge is -2.10. The quantitative estimate of drug-likeness (QED) is 0.182. The van der Waals surface area contributed by atoms with Crippen molar-refractivity contribution in [3.05, 3.63) is 164 Å². The van der Waals surface area contributed by atoms with Gasteiger partial charge in [-0.2, -0.15) is 0 Å². The number of rotatable bonds is 6. The van der Waals surface area contributed by atoms with E-state index in [0.717, 1.165) is 72.3 Å². The molecule has 0 atom stereocenters. The second-order valence-electron chi connectivity index (χ2n) is 11.7. The van der Waals surface area contributed by atoms with Crippen LogP contribution in [-0.4, -0.2) is 24.9 Å². The zero-order chi connectivity index (χ0) is 32.6. The van der Waals surface area contributed by atoms with Crippen LogP contribution in [0.5, 0.6) is 0 Å². The van der Waals surface area contributed by atoms with Crippen LogP contribution in [0.25, 0.3) is 89.7 Å². The summed E-state index contributed by atoms with van der Waals surface area (Å²) in [5.41, 5.74) is 9.89. The number of aromatic nitrogens is 5. The van der Waals surface area contributed by atoms with E-state index in [-0.39, 0.29) is 0 Å². The fraction of sp³-hybridized carbons (Fsp3) is 0. The van der Waals surface area contributed by atoms with E-state index in [4.69, 9.17) is 24.4 Å². The molecule has 6 nitrogen and oxygen atoms in total. The van der Waals surface area contributed by atoms with Crippen LogP contribution in [0.4, 0.5) is 0 Å². The Labute approximate surface area is 282 Å². The molecule has 0 saturated heterocycles. The Bertz CT molecular complexity index is 2590. The lowest BCUT2D eigenvalue weighted by molar-refractivity contribution is 0.670. The van der Waals surface area contributed by atoms with Crippen molar-refractivity contribution < 1.29 is 4.42 Å². The topological polar surface area (TPSA) is 77.6 Å². The maximum atomic E-state index is 6.65. The zero-order valence-corrected chi connectivity index (χ0v) is 26.2. The highest BCUT2D eigenvalue weighted by atomic mass is 16.3. The molecule has 4 aromatic heterocycles. The van der Waals surface area contributed by atoms with Gasteiger partial charge >= 0.3 is 0 Å². The summed E-state index contributed by atoms with van der Waals surface area (Å²) in [6.07, 6.45) is 3.61. The molecule has 0 aliphatic heterocycles. The highest BCUT2D eigenvalue weighted by Gasteiger charge is 2.21. The molecule has 0 aliphatic rings. The van der Waals surface area contributed by atoms with Crippen molar-refractivity contribution in [1.29, 1.82) is 0 Å². The van der Waals surface area contributed by atoms with E-state index < -0.39 is 0 Å². The average Bonchev–Trinajstić information content (AvgIpc) is 3.58. The third-order valence-electron chi connectivity index (χ3n) is 8.63. The maximum Gasteiger partial charge on any atom is 0.164 e. The van der Waals surface area contributed by atoms with Crippen molar-refractivity contribution in [2.24, 2.45) is 0 Å². The standard InChI is InChI=1S/C43H27N5O/c1-3-13-28(14-4-1)30-17-11-18-31(25-30)42-46-41(29-15-5-2-6-16-29)47-43(48-42)33-19-12-22-38-39(33)35-27-32(36-20-7-9-23-44-36)26-34(40(35)49-38)37-21-8-10-24-45-37/h1-27H. The summed E-state index contributed by atoms with van der Waals surface area (Å²) in [4.78, 5) is 24.6. The van der Waals surface area contributed by atoms with Gasteiger partial charge in [0.15, 0.2) is 17.5 Å². The highest BCUT2D eigenvalue weighted by Crippen LogP contribution is 2.42. The number of benzene rings is 5. The SMILES string of the molecule is c1ccc(-c2cccc(-c3nc(-c4ccccc4)nc(-c4cccc5oc6c(-c7ccccn7)cc(-c7ccccn7)cc6c45)n3)c2)cc1. The summed E-state index contributed by atoms with van der Waals surface area (Å²) >= 11 is 0. The molecule has 0 amide bonds. The number of hydrogen-bond donors (Lipinski definition) is 0. The van der Waals surface area contributed by atoms with Gasteiger partial charge < -0.3 is 4.42 Å². The van der Waals surface area contributed by atoms with Gasteiger partial charge in [0.1, 0.15) is 11.2 Å². The van der Waals surface area contributed by atoms with Crippen molar-refractivity contribution >= 4 is 21.9 Å². The molecule has 6 heteroatoms. The molecule has 0 fully saturated rings. The van der Waals surface area contributed by atoms with Gasteiger partial charge in [0.25, 0.3) is 0 Å². The molecule has 0 N–H and O–H groups in total. The smallest absolute Gasteiger partial charge is 0.164 e. The monoisotopic (exact) mass is 629 g/mol. The molecule has 0 aliphatic carbocycles. The average molecular weight is 630 g/mol. The normalized spacial score (nSPS) is 11.3. The number of hydrogen-bond acceptors (Lipinski definition) is 6. The summed E-state index contributed by atoms with van der Waals surface area (Å²) in [6, 6.07) is 50.8. The molecule has 0 unspecified atom stereocenters. The fourth-order valence-corrected chi connectivity index (χ4v) is 6.32. The van der Waals surface area contributed by atoms with Gasteiger partial charge in [-0.15, -0.1) is 0 Å². The molecule has 9 aromatic rings. The molecule has 0 spiro atoms. The van der Waals surface area contributed by atoms with Crippen LogP contribution in [-0.2, 0) is 0 Å². The first kappa shape index (κ1) is 28.4. The van der Waals surface area contributed by atoms with E-state index in [9.17, 15) is 0 Å². The van der Waals surface area contributed by atoms with E-state index in [1.807, 2.05) is 115 Å². The predicted octanol–water partition coefficient (Wildman–Crippen LogP) is 10.6. The molecule has 0 bridgehead atoms. The molecule has 5 aromatic carbocycles. The molecule has 0 radical (unpaired) electrons. The minimum absolute atomic E-state index is 0.560. The van der Waals surface area contributed by atoms with Gasteiger partial charge in [0.05, 0.1) is 11.4 Å².